The van der Waals surface area contributed by atoms with Gasteiger partial charge >= 0.3 is 0 Å². The highest BCUT2D eigenvalue weighted by Gasteiger charge is 2.02. The molecule has 0 saturated carbocycles. The fourth-order valence-corrected chi connectivity index (χ4v) is 2.07. The molecule has 0 spiro atoms. The van der Waals surface area contributed by atoms with Crippen LogP contribution in [0.1, 0.15) is 30.0 Å². The molecule has 0 unspecified atom stereocenters. The van der Waals surface area contributed by atoms with Crippen LogP contribution in [0.2, 0.25) is 0 Å². The van der Waals surface area contributed by atoms with Crippen LogP contribution < -0.4 is 10.1 Å². The van der Waals surface area contributed by atoms with Gasteiger partial charge in [0.15, 0.2) is 0 Å². The lowest BCUT2D eigenvalue weighted by atomic mass is 10.1. The summed E-state index contributed by atoms with van der Waals surface area (Å²) in [5.74, 6) is 0.578. The molecule has 2 aromatic carbocycles. The van der Waals surface area contributed by atoms with E-state index in [4.69, 9.17) is 4.74 Å². The van der Waals surface area contributed by atoms with E-state index in [2.05, 4.69) is 24.4 Å². The van der Waals surface area contributed by atoms with Crippen LogP contribution in [0.25, 0.3) is 0 Å². The number of ether oxygens (including phenoxy) is 1. The molecule has 0 radical (unpaired) electrons. The first-order chi connectivity index (χ1) is 10.2. The van der Waals surface area contributed by atoms with Crippen LogP contribution in [0.15, 0.2) is 42.5 Å². The molecule has 2 aromatic rings. The van der Waals surface area contributed by atoms with Crippen LogP contribution in [0.4, 0.5) is 4.39 Å². The quantitative estimate of drug-likeness (QED) is 0.770. The van der Waals surface area contributed by atoms with Gasteiger partial charge in [-0.3, -0.25) is 0 Å². The van der Waals surface area contributed by atoms with Crippen LogP contribution in [-0.2, 0) is 13.2 Å². The van der Waals surface area contributed by atoms with E-state index in [0.717, 1.165) is 36.4 Å². The molecule has 3 heteroatoms. The van der Waals surface area contributed by atoms with Gasteiger partial charge in [-0.15, -0.1) is 0 Å². The molecule has 2 rings (SSSR count). The van der Waals surface area contributed by atoms with Gasteiger partial charge < -0.3 is 10.1 Å². The molecule has 0 aliphatic heterocycles. The van der Waals surface area contributed by atoms with Crippen molar-refractivity contribution in [2.45, 2.75) is 33.4 Å². The van der Waals surface area contributed by atoms with Gasteiger partial charge in [-0.25, -0.2) is 4.39 Å². The standard InChI is InChI=1S/C18H22FNO/c1-3-10-20-12-15-5-8-18(9-6-15)21-13-16-11-17(19)7-4-14(16)2/h4-9,11,20H,3,10,12-13H2,1-2H3. The average molecular weight is 287 g/mol. The highest BCUT2D eigenvalue weighted by molar-refractivity contribution is 5.29. The minimum Gasteiger partial charge on any atom is -0.489 e. The Bertz CT molecular complexity index is 566. The molecule has 0 amide bonds. The lowest BCUT2D eigenvalue weighted by molar-refractivity contribution is 0.304. The molecular weight excluding hydrogens is 265 g/mol. The van der Waals surface area contributed by atoms with Gasteiger partial charge in [0, 0.05) is 6.54 Å². The van der Waals surface area contributed by atoms with Crippen molar-refractivity contribution in [3.8, 4) is 5.75 Å². The minimum atomic E-state index is -0.225. The summed E-state index contributed by atoms with van der Waals surface area (Å²) in [6.45, 7) is 6.39. The predicted molar refractivity (Wildman–Crippen MR) is 83.9 cm³/mol. The number of nitrogens with one attached hydrogen (secondary N) is 1. The van der Waals surface area contributed by atoms with Gasteiger partial charge in [0.05, 0.1) is 0 Å². The van der Waals surface area contributed by atoms with E-state index in [-0.39, 0.29) is 5.82 Å². The summed E-state index contributed by atoms with van der Waals surface area (Å²) in [4.78, 5) is 0. The molecule has 112 valence electrons. The Balaban J connectivity index is 1.90. The predicted octanol–water partition coefficient (Wildman–Crippen LogP) is 4.21. The van der Waals surface area contributed by atoms with Crippen LogP contribution in [0.5, 0.6) is 5.75 Å². The van der Waals surface area contributed by atoms with E-state index < -0.39 is 0 Å². The molecule has 0 heterocycles. The van der Waals surface area contributed by atoms with Gasteiger partial charge in [0.2, 0.25) is 0 Å². The minimum absolute atomic E-state index is 0.225. The summed E-state index contributed by atoms with van der Waals surface area (Å²) in [6, 6.07) is 12.8. The maximum Gasteiger partial charge on any atom is 0.123 e. The maximum atomic E-state index is 13.2. The molecule has 0 atom stereocenters. The molecule has 0 fully saturated rings. The Morgan fingerprint density at radius 2 is 1.86 bits per heavy atom. The molecule has 0 saturated heterocycles. The Hall–Kier alpha value is -1.87. The van der Waals surface area contributed by atoms with E-state index >= 15 is 0 Å². The van der Waals surface area contributed by atoms with Crippen LogP contribution >= 0.6 is 0 Å². The van der Waals surface area contributed by atoms with E-state index in [1.165, 1.54) is 17.7 Å². The van der Waals surface area contributed by atoms with Crippen molar-refractivity contribution in [1.29, 1.82) is 0 Å². The van der Waals surface area contributed by atoms with Crippen molar-refractivity contribution in [3.63, 3.8) is 0 Å². The topological polar surface area (TPSA) is 21.3 Å². The molecule has 2 nitrogen and oxygen atoms in total. The summed E-state index contributed by atoms with van der Waals surface area (Å²) in [5.41, 5.74) is 3.15. The van der Waals surface area contributed by atoms with Gasteiger partial charge in [0.25, 0.3) is 0 Å². The molecular formula is C18H22FNO. The number of hydrogen-bond acceptors (Lipinski definition) is 2. The second kappa shape index (κ2) is 7.79. The monoisotopic (exact) mass is 287 g/mol. The Morgan fingerprint density at radius 3 is 2.57 bits per heavy atom. The third-order valence-electron chi connectivity index (χ3n) is 3.38. The van der Waals surface area contributed by atoms with E-state index in [0.29, 0.717) is 6.61 Å². The van der Waals surface area contributed by atoms with E-state index in [1.807, 2.05) is 19.1 Å². The highest BCUT2D eigenvalue weighted by Crippen LogP contribution is 2.16. The van der Waals surface area contributed by atoms with Crippen molar-refractivity contribution < 1.29 is 9.13 Å². The fourth-order valence-electron chi connectivity index (χ4n) is 2.07. The van der Waals surface area contributed by atoms with Crippen molar-refractivity contribution in [1.82, 2.24) is 5.32 Å². The Morgan fingerprint density at radius 1 is 1.10 bits per heavy atom. The summed E-state index contributed by atoms with van der Waals surface area (Å²) < 4.78 is 18.9. The summed E-state index contributed by atoms with van der Waals surface area (Å²) >= 11 is 0. The van der Waals surface area contributed by atoms with Crippen LogP contribution in [0, 0.1) is 12.7 Å². The molecule has 21 heavy (non-hydrogen) atoms. The second-order valence-corrected chi connectivity index (χ2v) is 5.18. The largest absolute Gasteiger partial charge is 0.489 e. The molecule has 0 aliphatic rings. The van der Waals surface area contributed by atoms with Gasteiger partial charge in [0.1, 0.15) is 18.2 Å². The number of hydrogen-bond donors (Lipinski definition) is 1. The van der Waals surface area contributed by atoms with Gasteiger partial charge in [-0.05, 0) is 60.8 Å². The first-order valence-corrected chi connectivity index (χ1v) is 7.36. The van der Waals surface area contributed by atoms with Gasteiger partial charge in [-0.1, -0.05) is 25.1 Å². The zero-order valence-corrected chi connectivity index (χ0v) is 12.7. The van der Waals surface area contributed by atoms with Crippen molar-refractivity contribution in [3.05, 3.63) is 65.0 Å². The molecule has 0 aromatic heterocycles. The third kappa shape index (κ3) is 4.87. The third-order valence-corrected chi connectivity index (χ3v) is 3.38. The van der Waals surface area contributed by atoms with E-state index in [9.17, 15) is 4.39 Å². The van der Waals surface area contributed by atoms with Gasteiger partial charge in [-0.2, -0.15) is 0 Å². The summed E-state index contributed by atoms with van der Waals surface area (Å²) in [6.07, 6.45) is 1.13. The first-order valence-electron chi connectivity index (χ1n) is 7.36. The summed E-state index contributed by atoms with van der Waals surface area (Å²) in [5, 5.41) is 3.36. The van der Waals surface area contributed by atoms with Crippen LogP contribution in [0.3, 0.4) is 0 Å². The maximum absolute atomic E-state index is 13.2. The highest BCUT2D eigenvalue weighted by atomic mass is 19.1. The second-order valence-electron chi connectivity index (χ2n) is 5.18. The average Bonchev–Trinajstić information content (AvgIpc) is 2.50. The lowest BCUT2D eigenvalue weighted by Gasteiger charge is -2.10. The SMILES string of the molecule is CCCNCc1ccc(OCc2cc(F)ccc2C)cc1. The number of halogens is 1. The molecule has 0 aliphatic carbocycles. The summed E-state index contributed by atoms with van der Waals surface area (Å²) in [7, 11) is 0. The first kappa shape index (κ1) is 15.5. The van der Waals surface area contributed by atoms with Crippen LogP contribution in [-0.4, -0.2) is 6.54 Å². The zero-order valence-electron chi connectivity index (χ0n) is 12.7. The normalized spacial score (nSPS) is 10.6. The number of aryl methyl sites for hydroxylation is 1. The van der Waals surface area contributed by atoms with E-state index in [1.54, 1.807) is 6.07 Å². The zero-order chi connectivity index (χ0) is 15.1. The van der Waals surface area contributed by atoms with Crippen molar-refractivity contribution >= 4 is 0 Å². The Kier molecular flexibility index (Phi) is 5.76. The Labute approximate surface area is 126 Å². The smallest absolute Gasteiger partial charge is 0.123 e. The lowest BCUT2D eigenvalue weighted by Crippen LogP contribution is -2.13. The molecule has 0 bridgehead atoms. The number of rotatable bonds is 7. The van der Waals surface area contributed by atoms with Crippen molar-refractivity contribution in [2.75, 3.05) is 6.54 Å². The molecule has 1 N–H and O–H groups in total. The fraction of sp³-hybridized carbons (Fsp3) is 0.333. The number of benzene rings is 2. The van der Waals surface area contributed by atoms with Crippen molar-refractivity contribution in [2.24, 2.45) is 0 Å².